The molecule has 0 radical (unpaired) electrons. The fourth-order valence-corrected chi connectivity index (χ4v) is 3.34. The summed E-state index contributed by atoms with van der Waals surface area (Å²) in [5, 5.41) is 7.07. The predicted molar refractivity (Wildman–Crippen MR) is 86.3 cm³/mol. The van der Waals surface area contributed by atoms with E-state index in [9.17, 15) is 0 Å². The summed E-state index contributed by atoms with van der Waals surface area (Å²) in [6.07, 6.45) is 1.85. The highest BCUT2D eigenvalue weighted by atomic mass is 32.1. The Hall–Kier alpha value is -1.71. The number of benzene rings is 1. The maximum atomic E-state index is 4.46. The number of pyridine rings is 1. The van der Waals surface area contributed by atoms with Crippen molar-refractivity contribution in [1.29, 1.82) is 0 Å². The van der Waals surface area contributed by atoms with Gasteiger partial charge in [-0.25, -0.2) is 0 Å². The van der Waals surface area contributed by atoms with Crippen molar-refractivity contribution in [1.82, 2.24) is 10.3 Å². The van der Waals surface area contributed by atoms with Crippen LogP contribution in [0.15, 0.2) is 48.0 Å². The lowest BCUT2D eigenvalue weighted by Gasteiger charge is -2.19. The summed E-state index contributed by atoms with van der Waals surface area (Å²) >= 11 is 1.80. The topological polar surface area (TPSA) is 24.9 Å². The summed E-state index contributed by atoms with van der Waals surface area (Å²) < 4.78 is 0. The van der Waals surface area contributed by atoms with Crippen molar-refractivity contribution in [3.63, 3.8) is 0 Å². The first-order valence-electron chi connectivity index (χ1n) is 6.91. The Kier molecular flexibility index (Phi) is 3.81. The molecule has 3 rings (SSSR count). The Balaban J connectivity index is 2.14. The molecule has 0 bridgehead atoms. The molecule has 0 amide bonds. The van der Waals surface area contributed by atoms with E-state index in [0.29, 0.717) is 0 Å². The predicted octanol–water partition coefficient (Wildman–Crippen LogP) is 4.30. The maximum absolute atomic E-state index is 4.46. The quantitative estimate of drug-likeness (QED) is 0.771. The van der Waals surface area contributed by atoms with Gasteiger partial charge in [0.2, 0.25) is 0 Å². The van der Waals surface area contributed by atoms with Gasteiger partial charge in [-0.15, -0.1) is 11.3 Å². The molecular weight excluding hydrogens is 264 g/mol. The van der Waals surface area contributed by atoms with Crippen molar-refractivity contribution in [3.05, 3.63) is 64.0 Å². The largest absolute Gasteiger partial charge is 0.306 e. The van der Waals surface area contributed by atoms with Crippen molar-refractivity contribution in [2.24, 2.45) is 0 Å². The Labute approximate surface area is 123 Å². The molecule has 20 heavy (non-hydrogen) atoms. The highest BCUT2D eigenvalue weighted by Gasteiger charge is 2.16. The van der Waals surface area contributed by atoms with Crippen LogP contribution in [0.5, 0.6) is 0 Å². The molecule has 2 aromatic heterocycles. The Bertz CT molecular complexity index is 712. The van der Waals surface area contributed by atoms with Gasteiger partial charge in [-0.2, -0.15) is 0 Å². The summed E-state index contributed by atoms with van der Waals surface area (Å²) in [7, 11) is 0. The minimum absolute atomic E-state index is 0.234. The van der Waals surface area contributed by atoms with Crippen LogP contribution in [0.1, 0.15) is 29.0 Å². The van der Waals surface area contributed by atoms with Gasteiger partial charge in [-0.05, 0) is 48.2 Å². The number of thiophene rings is 1. The van der Waals surface area contributed by atoms with Gasteiger partial charge in [-0.1, -0.05) is 25.1 Å². The van der Waals surface area contributed by atoms with Crippen LogP contribution in [0.2, 0.25) is 0 Å². The molecule has 2 nitrogen and oxygen atoms in total. The summed E-state index contributed by atoms with van der Waals surface area (Å²) in [5.41, 5.74) is 3.70. The molecular formula is C17H18N2S. The van der Waals surface area contributed by atoms with E-state index in [0.717, 1.165) is 12.1 Å². The second kappa shape index (κ2) is 5.73. The molecule has 0 spiro atoms. The lowest BCUT2D eigenvalue weighted by atomic mass is 9.96. The second-order valence-corrected chi connectivity index (χ2v) is 6.01. The van der Waals surface area contributed by atoms with Crippen LogP contribution in [0.3, 0.4) is 0 Å². The third-order valence-corrected chi connectivity index (χ3v) is 4.36. The van der Waals surface area contributed by atoms with Crippen LogP contribution in [-0.2, 0) is 0 Å². The average molecular weight is 282 g/mol. The number of hydrogen-bond acceptors (Lipinski definition) is 3. The van der Waals surface area contributed by atoms with E-state index in [2.05, 4.69) is 59.9 Å². The van der Waals surface area contributed by atoms with E-state index in [1.807, 2.05) is 12.3 Å². The standard InChI is InChI=1S/C17H18N2S/c1-3-18-17(13-10-12(2)20-11-13)15-6-4-8-16-14(15)7-5-9-19-16/h4-11,17-18H,3H2,1-2H3. The zero-order valence-electron chi connectivity index (χ0n) is 11.8. The minimum atomic E-state index is 0.234. The fourth-order valence-electron chi connectivity index (χ4n) is 2.61. The molecule has 0 aliphatic rings. The van der Waals surface area contributed by atoms with Gasteiger partial charge in [0, 0.05) is 16.5 Å². The molecule has 1 atom stereocenters. The van der Waals surface area contributed by atoms with Crippen LogP contribution in [-0.4, -0.2) is 11.5 Å². The summed E-state index contributed by atoms with van der Waals surface area (Å²) in [5.74, 6) is 0. The zero-order valence-corrected chi connectivity index (χ0v) is 12.6. The lowest BCUT2D eigenvalue weighted by molar-refractivity contribution is 0.636. The van der Waals surface area contributed by atoms with E-state index in [4.69, 9.17) is 0 Å². The van der Waals surface area contributed by atoms with Gasteiger partial charge in [-0.3, -0.25) is 4.98 Å². The number of fused-ring (bicyclic) bond motifs is 1. The molecule has 1 unspecified atom stereocenters. The molecule has 1 N–H and O–H groups in total. The molecule has 0 fully saturated rings. The minimum Gasteiger partial charge on any atom is -0.306 e. The molecule has 3 heteroatoms. The summed E-state index contributed by atoms with van der Waals surface area (Å²) in [6.45, 7) is 5.24. The molecule has 0 saturated carbocycles. The molecule has 0 aliphatic heterocycles. The van der Waals surface area contributed by atoms with E-state index in [1.54, 1.807) is 11.3 Å². The van der Waals surface area contributed by atoms with Crippen molar-refractivity contribution >= 4 is 22.2 Å². The third-order valence-electron chi connectivity index (χ3n) is 3.48. The Morgan fingerprint density at radius 3 is 2.90 bits per heavy atom. The van der Waals surface area contributed by atoms with Gasteiger partial charge in [0.25, 0.3) is 0 Å². The van der Waals surface area contributed by atoms with Crippen LogP contribution in [0, 0.1) is 6.92 Å². The maximum Gasteiger partial charge on any atom is 0.0705 e. The Morgan fingerprint density at radius 2 is 2.15 bits per heavy atom. The highest BCUT2D eigenvalue weighted by molar-refractivity contribution is 7.10. The number of aromatic nitrogens is 1. The molecule has 3 aromatic rings. The molecule has 102 valence electrons. The van der Waals surface area contributed by atoms with E-state index >= 15 is 0 Å². The molecule has 1 aromatic carbocycles. The Morgan fingerprint density at radius 1 is 1.25 bits per heavy atom. The number of aryl methyl sites for hydroxylation is 1. The monoisotopic (exact) mass is 282 g/mol. The molecule has 0 aliphatic carbocycles. The van der Waals surface area contributed by atoms with Crippen LogP contribution in [0.4, 0.5) is 0 Å². The first-order chi connectivity index (χ1) is 9.79. The van der Waals surface area contributed by atoms with Gasteiger partial charge in [0.15, 0.2) is 0 Å². The fraction of sp³-hybridized carbons (Fsp3) is 0.235. The molecule has 0 saturated heterocycles. The summed E-state index contributed by atoms with van der Waals surface area (Å²) in [4.78, 5) is 5.81. The van der Waals surface area contributed by atoms with Crippen molar-refractivity contribution in [3.8, 4) is 0 Å². The SMILES string of the molecule is CCNC(c1csc(C)c1)c1cccc2ncccc12. The first kappa shape index (κ1) is 13.3. The lowest BCUT2D eigenvalue weighted by Crippen LogP contribution is -2.21. The van der Waals surface area contributed by atoms with E-state index in [1.165, 1.54) is 21.4 Å². The van der Waals surface area contributed by atoms with Crippen LogP contribution in [0.25, 0.3) is 10.9 Å². The first-order valence-corrected chi connectivity index (χ1v) is 7.79. The number of nitrogens with zero attached hydrogens (tertiary/aromatic N) is 1. The van der Waals surface area contributed by atoms with Crippen LogP contribution < -0.4 is 5.32 Å². The smallest absolute Gasteiger partial charge is 0.0705 e. The number of rotatable bonds is 4. The van der Waals surface area contributed by atoms with Crippen molar-refractivity contribution in [2.75, 3.05) is 6.54 Å². The number of hydrogen-bond donors (Lipinski definition) is 1. The third kappa shape index (κ3) is 2.47. The second-order valence-electron chi connectivity index (χ2n) is 4.90. The summed E-state index contributed by atoms with van der Waals surface area (Å²) in [6, 6.07) is 13.0. The van der Waals surface area contributed by atoms with Crippen LogP contribution >= 0.6 is 11.3 Å². The van der Waals surface area contributed by atoms with Crippen molar-refractivity contribution < 1.29 is 0 Å². The van der Waals surface area contributed by atoms with Gasteiger partial charge in [0.05, 0.1) is 11.6 Å². The van der Waals surface area contributed by atoms with Gasteiger partial charge in [0.1, 0.15) is 0 Å². The zero-order chi connectivity index (χ0) is 13.9. The van der Waals surface area contributed by atoms with Gasteiger partial charge >= 0.3 is 0 Å². The normalized spacial score (nSPS) is 12.7. The van der Waals surface area contributed by atoms with E-state index < -0.39 is 0 Å². The van der Waals surface area contributed by atoms with Gasteiger partial charge < -0.3 is 5.32 Å². The highest BCUT2D eigenvalue weighted by Crippen LogP contribution is 2.30. The van der Waals surface area contributed by atoms with Crippen molar-refractivity contribution in [2.45, 2.75) is 19.9 Å². The molecule has 2 heterocycles. The average Bonchev–Trinajstić information content (AvgIpc) is 2.91. The number of nitrogens with one attached hydrogen (secondary N) is 1. The van der Waals surface area contributed by atoms with E-state index in [-0.39, 0.29) is 6.04 Å².